The van der Waals surface area contributed by atoms with Crippen molar-refractivity contribution >= 4 is 11.8 Å². The van der Waals surface area contributed by atoms with Crippen LogP contribution in [0.1, 0.15) is 31.2 Å². The number of carbonyl (C=O) groups excluding carboxylic acids is 2. The van der Waals surface area contributed by atoms with E-state index in [-0.39, 0.29) is 17.6 Å². The lowest BCUT2D eigenvalue weighted by molar-refractivity contribution is -0.135. The number of hydrogen-bond acceptors (Lipinski definition) is 4. The summed E-state index contributed by atoms with van der Waals surface area (Å²) >= 11 is 0. The number of piperidine rings is 1. The lowest BCUT2D eigenvalue weighted by Gasteiger charge is -2.36. The van der Waals surface area contributed by atoms with E-state index in [1.165, 1.54) is 19.6 Å². The third kappa shape index (κ3) is 5.44. The number of piperazine rings is 1. The molecule has 0 atom stereocenters. The van der Waals surface area contributed by atoms with Gasteiger partial charge in [0.25, 0.3) is 0 Å². The predicted octanol–water partition coefficient (Wildman–Crippen LogP) is 1.92. The summed E-state index contributed by atoms with van der Waals surface area (Å²) in [6, 6.07) is 4.81. The molecule has 6 nitrogen and oxygen atoms in total. The van der Waals surface area contributed by atoms with Crippen molar-refractivity contribution in [2.75, 3.05) is 52.9 Å². The van der Waals surface area contributed by atoms with Gasteiger partial charge in [0.2, 0.25) is 11.8 Å². The summed E-state index contributed by atoms with van der Waals surface area (Å²) in [4.78, 5) is 30.8. The van der Waals surface area contributed by atoms with Gasteiger partial charge in [-0.05, 0) is 43.4 Å². The number of rotatable bonds is 6. The predicted molar refractivity (Wildman–Crippen MR) is 105 cm³/mol. The Hall–Kier alpha value is -2.15. The highest BCUT2D eigenvalue weighted by atomic mass is 19.1. The molecule has 0 saturated carbocycles. The third-order valence-electron chi connectivity index (χ3n) is 5.64. The van der Waals surface area contributed by atoms with Gasteiger partial charge in [-0.25, -0.2) is 4.39 Å². The first-order valence-corrected chi connectivity index (χ1v) is 10.2. The summed E-state index contributed by atoms with van der Waals surface area (Å²) in [7, 11) is 1.43. The second-order valence-electron chi connectivity index (χ2n) is 7.57. The fourth-order valence-electron chi connectivity index (χ4n) is 3.86. The van der Waals surface area contributed by atoms with Gasteiger partial charge in [0.1, 0.15) is 0 Å². The molecule has 0 radical (unpaired) electrons. The van der Waals surface area contributed by atoms with E-state index in [2.05, 4.69) is 4.90 Å². The minimum absolute atomic E-state index is 0.0817. The van der Waals surface area contributed by atoms with Gasteiger partial charge in [-0.1, -0.05) is 6.07 Å². The number of nitrogens with zero attached hydrogens (tertiary/aromatic N) is 3. The Kier molecular flexibility index (Phi) is 7.25. The summed E-state index contributed by atoms with van der Waals surface area (Å²) in [6.45, 7) is 4.94. The molecule has 0 unspecified atom stereocenters. The molecule has 2 heterocycles. The molecule has 2 amide bonds. The van der Waals surface area contributed by atoms with Crippen LogP contribution in [-0.4, -0.2) is 79.4 Å². The van der Waals surface area contributed by atoms with Crippen LogP contribution in [0.15, 0.2) is 18.2 Å². The van der Waals surface area contributed by atoms with Gasteiger partial charge in [0.05, 0.1) is 13.7 Å². The minimum atomic E-state index is -0.403. The fraction of sp³-hybridized carbons (Fsp3) is 0.619. The van der Waals surface area contributed by atoms with Crippen molar-refractivity contribution in [1.82, 2.24) is 14.7 Å². The summed E-state index contributed by atoms with van der Waals surface area (Å²) in [6.07, 6.45) is 4.29. The topological polar surface area (TPSA) is 53.1 Å². The average Bonchev–Trinajstić information content (AvgIpc) is 2.73. The molecule has 2 aliphatic rings. The number of carbonyl (C=O) groups is 2. The quantitative estimate of drug-likeness (QED) is 0.744. The molecule has 28 heavy (non-hydrogen) atoms. The smallest absolute Gasteiger partial charge is 0.236 e. The van der Waals surface area contributed by atoms with E-state index in [0.29, 0.717) is 32.5 Å². The molecule has 0 aromatic heterocycles. The van der Waals surface area contributed by atoms with Gasteiger partial charge >= 0.3 is 0 Å². The zero-order chi connectivity index (χ0) is 19.9. The van der Waals surface area contributed by atoms with Crippen molar-refractivity contribution < 1.29 is 18.7 Å². The molecular weight excluding hydrogens is 361 g/mol. The highest BCUT2D eigenvalue weighted by molar-refractivity contribution is 5.78. The molecule has 2 fully saturated rings. The molecular formula is C21H30FN3O3. The van der Waals surface area contributed by atoms with Crippen molar-refractivity contribution in [1.29, 1.82) is 0 Å². The van der Waals surface area contributed by atoms with E-state index in [9.17, 15) is 14.0 Å². The van der Waals surface area contributed by atoms with Gasteiger partial charge in [-0.15, -0.1) is 0 Å². The van der Waals surface area contributed by atoms with Crippen LogP contribution in [-0.2, 0) is 16.0 Å². The van der Waals surface area contributed by atoms with E-state index in [4.69, 9.17) is 4.74 Å². The summed E-state index contributed by atoms with van der Waals surface area (Å²) in [5.74, 6) is 0.101. The van der Waals surface area contributed by atoms with Gasteiger partial charge in [-0.3, -0.25) is 14.5 Å². The number of ether oxygens (including phenoxy) is 1. The second kappa shape index (κ2) is 9.87. The molecule has 0 aliphatic carbocycles. The van der Waals surface area contributed by atoms with Crippen LogP contribution in [0.2, 0.25) is 0 Å². The molecule has 0 spiro atoms. The monoisotopic (exact) mass is 391 g/mol. The molecule has 154 valence electrons. The zero-order valence-corrected chi connectivity index (χ0v) is 16.7. The van der Waals surface area contributed by atoms with Gasteiger partial charge in [0.15, 0.2) is 11.6 Å². The van der Waals surface area contributed by atoms with E-state index in [0.717, 1.165) is 44.6 Å². The molecule has 3 rings (SSSR count). The summed E-state index contributed by atoms with van der Waals surface area (Å²) in [5, 5.41) is 0. The molecule has 2 saturated heterocycles. The maximum atomic E-state index is 13.8. The van der Waals surface area contributed by atoms with Crippen LogP contribution in [0.4, 0.5) is 4.39 Å². The molecule has 2 aliphatic heterocycles. The standard InChI is InChI=1S/C21H30FN3O3/c1-28-19-7-5-17(15-18(19)22)6-8-20(26)25-13-11-23(12-14-25)16-21(27)24-9-3-2-4-10-24/h5,7,15H,2-4,6,8-14,16H2,1H3. The van der Waals surface area contributed by atoms with E-state index >= 15 is 0 Å². The lowest BCUT2D eigenvalue weighted by Crippen LogP contribution is -2.52. The molecule has 1 aromatic carbocycles. The van der Waals surface area contributed by atoms with E-state index in [1.807, 2.05) is 9.80 Å². The first-order chi connectivity index (χ1) is 13.6. The van der Waals surface area contributed by atoms with Crippen LogP contribution >= 0.6 is 0 Å². The van der Waals surface area contributed by atoms with Gasteiger partial charge in [-0.2, -0.15) is 0 Å². The number of likely N-dealkylation sites (tertiary alicyclic amines) is 1. The third-order valence-corrected chi connectivity index (χ3v) is 5.64. The molecule has 0 bridgehead atoms. The van der Waals surface area contributed by atoms with Crippen LogP contribution in [0.5, 0.6) is 5.75 Å². The zero-order valence-electron chi connectivity index (χ0n) is 16.7. The Labute approximate surface area is 166 Å². The van der Waals surface area contributed by atoms with E-state index in [1.54, 1.807) is 12.1 Å². The number of benzene rings is 1. The normalized spacial score (nSPS) is 18.2. The summed E-state index contributed by atoms with van der Waals surface area (Å²) in [5.41, 5.74) is 0.789. The van der Waals surface area contributed by atoms with Crippen LogP contribution in [0.25, 0.3) is 0 Å². The summed E-state index contributed by atoms with van der Waals surface area (Å²) < 4.78 is 18.7. The number of hydrogen-bond donors (Lipinski definition) is 0. The Morgan fingerprint density at radius 3 is 2.29 bits per heavy atom. The van der Waals surface area contributed by atoms with E-state index < -0.39 is 5.82 Å². The second-order valence-corrected chi connectivity index (χ2v) is 7.57. The Morgan fingerprint density at radius 1 is 0.964 bits per heavy atom. The molecule has 0 N–H and O–H groups in total. The number of halogens is 1. The fourth-order valence-corrected chi connectivity index (χ4v) is 3.86. The van der Waals surface area contributed by atoms with Crippen molar-refractivity contribution in [3.05, 3.63) is 29.6 Å². The largest absolute Gasteiger partial charge is 0.494 e. The average molecular weight is 391 g/mol. The highest BCUT2D eigenvalue weighted by Gasteiger charge is 2.24. The molecule has 7 heteroatoms. The highest BCUT2D eigenvalue weighted by Crippen LogP contribution is 2.19. The van der Waals surface area contributed by atoms with Crippen molar-refractivity contribution in [3.8, 4) is 5.75 Å². The first kappa shape index (κ1) is 20.6. The van der Waals surface area contributed by atoms with Crippen LogP contribution < -0.4 is 4.74 Å². The van der Waals surface area contributed by atoms with Crippen LogP contribution in [0, 0.1) is 5.82 Å². The van der Waals surface area contributed by atoms with Crippen molar-refractivity contribution in [2.45, 2.75) is 32.1 Å². The molecule has 1 aromatic rings. The lowest BCUT2D eigenvalue weighted by atomic mass is 10.1. The maximum Gasteiger partial charge on any atom is 0.236 e. The first-order valence-electron chi connectivity index (χ1n) is 10.2. The number of methoxy groups -OCH3 is 1. The van der Waals surface area contributed by atoms with Gasteiger partial charge in [0, 0.05) is 45.7 Å². The van der Waals surface area contributed by atoms with Crippen LogP contribution in [0.3, 0.4) is 0 Å². The SMILES string of the molecule is COc1ccc(CCC(=O)N2CCN(CC(=O)N3CCCCC3)CC2)cc1F. The van der Waals surface area contributed by atoms with Gasteiger partial charge < -0.3 is 14.5 Å². The Balaban J connectivity index is 1.39. The number of amides is 2. The number of aryl methyl sites for hydroxylation is 1. The van der Waals surface area contributed by atoms with Crippen molar-refractivity contribution in [3.63, 3.8) is 0 Å². The Morgan fingerprint density at radius 2 is 1.64 bits per heavy atom. The minimum Gasteiger partial charge on any atom is -0.494 e. The van der Waals surface area contributed by atoms with Crippen molar-refractivity contribution in [2.24, 2.45) is 0 Å². The maximum absolute atomic E-state index is 13.8. The Bertz CT molecular complexity index is 683.